The second-order valence-electron chi connectivity index (χ2n) is 6.46. The fraction of sp³-hybridized carbons (Fsp3) is 0.611. The molecule has 7 heteroatoms. The summed E-state index contributed by atoms with van der Waals surface area (Å²) < 4.78 is 24.1. The van der Waals surface area contributed by atoms with Crippen molar-refractivity contribution in [2.45, 2.75) is 18.9 Å². The van der Waals surface area contributed by atoms with Crippen molar-refractivity contribution in [2.75, 3.05) is 52.5 Å². The van der Waals surface area contributed by atoms with Crippen molar-refractivity contribution in [1.29, 1.82) is 0 Å². The van der Waals surface area contributed by atoms with Crippen molar-refractivity contribution in [3.8, 4) is 5.75 Å². The first-order valence-electron chi connectivity index (χ1n) is 8.96. The zero-order valence-electron chi connectivity index (χ0n) is 14.5. The Morgan fingerprint density at radius 1 is 1.32 bits per heavy atom. The number of amides is 2. The number of urea groups is 1. The lowest BCUT2D eigenvalue weighted by atomic mass is 10.2. The number of benzene rings is 1. The quantitative estimate of drug-likeness (QED) is 0.793. The van der Waals surface area contributed by atoms with E-state index in [0.717, 1.165) is 52.2 Å². The van der Waals surface area contributed by atoms with E-state index in [9.17, 15) is 9.18 Å². The minimum absolute atomic E-state index is 0.0698. The molecule has 0 bridgehead atoms. The molecule has 0 aliphatic carbocycles. The number of carbonyl (C=O) groups excluding carboxylic acids is 1. The van der Waals surface area contributed by atoms with Crippen LogP contribution in [-0.4, -0.2) is 74.4 Å². The Morgan fingerprint density at radius 3 is 2.88 bits per heavy atom. The number of hydrogen-bond donors (Lipinski definition) is 1. The predicted octanol–water partition coefficient (Wildman–Crippen LogP) is 1.71. The van der Waals surface area contributed by atoms with E-state index in [1.54, 1.807) is 12.1 Å². The van der Waals surface area contributed by atoms with Crippen LogP contribution in [0, 0.1) is 5.82 Å². The first-order valence-corrected chi connectivity index (χ1v) is 8.96. The second kappa shape index (κ2) is 9.01. The summed E-state index contributed by atoms with van der Waals surface area (Å²) in [4.78, 5) is 16.4. The van der Waals surface area contributed by atoms with Crippen LogP contribution in [0.25, 0.3) is 0 Å². The van der Waals surface area contributed by atoms with E-state index in [4.69, 9.17) is 9.47 Å². The lowest BCUT2D eigenvalue weighted by Crippen LogP contribution is -2.53. The molecule has 6 nitrogen and oxygen atoms in total. The SMILES string of the molecule is O=C(NCCOc1cccc(F)c1)N1CCN(CC2CCCO2)CC1. The van der Waals surface area contributed by atoms with Crippen LogP contribution in [0.4, 0.5) is 9.18 Å². The highest BCUT2D eigenvalue weighted by Crippen LogP contribution is 2.14. The van der Waals surface area contributed by atoms with Crippen LogP contribution < -0.4 is 10.1 Å². The van der Waals surface area contributed by atoms with Gasteiger partial charge in [-0.2, -0.15) is 0 Å². The molecule has 0 spiro atoms. The summed E-state index contributed by atoms with van der Waals surface area (Å²) in [6.07, 6.45) is 2.66. The van der Waals surface area contributed by atoms with Crippen LogP contribution in [-0.2, 0) is 4.74 Å². The molecule has 1 aromatic rings. The van der Waals surface area contributed by atoms with Gasteiger partial charge in [-0.1, -0.05) is 6.07 Å². The molecule has 2 heterocycles. The van der Waals surface area contributed by atoms with E-state index in [1.165, 1.54) is 12.1 Å². The minimum atomic E-state index is -0.331. The number of rotatable bonds is 6. The Labute approximate surface area is 147 Å². The van der Waals surface area contributed by atoms with Gasteiger partial charge < -0.3 is 19.7 Å². The number of ether oxygens (including phenoxy) is 2. The van der Waals surface area contributed by atoms with Gasteiger partial charge in [0.2, 0.25) is 0 Å². The van der Waals surface area contributed by atoms with Gasteiger partial charge in [0.1, 0.15) is 18.2 Å². The maximum absolute atomic E-state index is 13.0. The zero-order valence-corrected chi connectivity index (χ0v) is 14.5. The number of hydrogen-bond acceptors (Lipinski definition) is 4. The Kier molecular flexibility index (Phi) is 6.47. The Bertz CT molecular complexity index is 558. The molecule has 2 fully saturated rings. The van der Waals surface area contributed by atoms with Gasteiger partial charge in [-0.25, -0.2) is 9.18 Å². The standard InChI is InChI=1S/C18H26FN3O3/c19-15-3-1-4-16(13-15)25-12-6-20-18(23)22-9-7-21(8-10-22)14-17-5-2-11-24-17/h1,3-4,13,17H,2,5-12,14H2,(H,20,23). The van der Waals surface area contributed by atoms with Crippen molar-refractivity contribution >= 4 is 6.03 Å². The number of carbonyl (C=O) groups is 1. The van der Waals surface area contributed by atoms with Crippen molar-refractivity contribution in [3.63, 3.8) is 0 Å². The zero-order chi connectivity index (χ0) is 17.5. The van der Waals surface area contributed by atoms with Crippen LogP contribution in [0.15, 0.2) is 24.3 Å². The van der Waals surface area contributed by atoms with E-state index >= 15 is 0 Å². The molecule has 2 aliphatic rings. The van der Waals surface area contributed by atoms with E-state index in [2.05, 4.69) is 10.2 Å². The van der Waals surface area contributed by atoms with E-state index in [1.807, 2.05) is 4.90 Å². The second-order valence-corrected chi connectivity index (χ2v) is 6.46. The highest BCUT2D eigenvalue weighted by molar-refractivity contribution is 5.74. The molecule has 0 saturated carbocycles. The molecule has 0 aromatic heterocycles. The average molecular weight is 351 g/mol. The van der Waals surface area contributed by atoms with Crippen molar-refractivity contribution in [3.05, 3.63) is 30.1 Å². The molecule has 0 radical (unpaired) electrons. The molecule has 2 aliphatic heterocycles. The van der Waals surface area contributed by atoms with E-state index in [-0.39, 0.29) is 11.8 Å². The fourth-order valence-electron chi connectivity index (χ4n) is 3.21. The van der Waals surface area contributed by atoms with Crippen molar-refractivity contribution < 1.29 is 18.7 Å². The normalized spacial score (nSPS) is 21.3. The number of piperazine rings is 1. The first kappa shape index (κ1) is 17.9. The van der Waals surface area contributed by atoms with Gasteiger partial charge in [-0.05, 0) is 25.0 Å². The average Bonchev–Trinajstić information content (AvgIpc) is 3.12. The minimum Gasteiger partial charge on any atom is -0.492 e. The van der Waals surface area contributed by atoms with Crippen molar-refractivity contribution in [2.24, 2.45) is 0 Å². The Morgan fingerprint density at radius 2 is 2.16 bits per heavy atom. The summed E-state index contributed by atoms with van der Waals surface area (Å²) in [5, 5.41) is 2.85. The molecular formula is C18H26FN3O3. The molecule has 1 N–H and O–H groups in total. The Balaban J connectivity index is 1.30. The molecule has 1 atom stereocenters. The predicted molar refractivity (Wildman–Crippen MR) is 92.3 cm³/mol. The van der Waals surface area contributed by atoms with Gasteiger partial charge >= 0.3 is 6.03 Å². The molecular weight excluding hydrogens is 325 g/mol. The molecule has 1 aromatic carbocycles. The summed E-state index contributed by atoms with van der Waals surface area (Å²) >= 11 is 0. The molecule has 3 rings (SSSR count). The van der Waals surface area contributed by atoms with Gasteiger partial charge in [0.05, 0.1) is 12.6 Å². The third-order valence-electron chi connectivity index (χ3n) is 4.59. The van der Waals surface area contributed by atoms with Crippen LogP contribution in [0.2, 0.25) is 0 Å². The van der Waals surface area contributed by atoms with Gasteiger partial charge in [0.25, 0.3) is 0 Å². The van der Waals surface area contributed by atoms with Crippen LogP contribution in [0.3, 0.4) is 0 Å². The number of nitrogens with one attached hydrogen (secondary N) is 1. The van der Waals surface area contributed by atoms with Gasteiger partial charge in [0.15, 0.2) is 0 Å². The third kappa shape index (κ3) is 5.57. The fourth-order valence-corrected chi connectivity index (χ4v) is 3.21. The summed E-state index contributed by atoms with van der Waals surface area (Å²) in [6.45, 7) is 5.77. The van der Waals surface area contributed by atoms with Gasteiger partial charge in [-0.3, -0.25) is 4.90 Å². The first-order chi connectivity index (χ1) is 12.2. The smallest absolute Gasteiger partial charge is 0.317 e. The maximum Gasteiger partial charge on any atom is 0.317 e. The lowest BCUT2D eigenvalue weighted by molar-refractivity contribution is 0.0560. The van der Waals surface area contributed by atoms with Crippen LogP contribution >= 0.6 is 0 Å². The van der Waals surface area contributed by atoms with Crippen LogP contribution in [0.1, 0.15) is 12.8 Å². The van der Waals surface area contributed by atoms with Crippen LogP contribution in [0.5, 0.6) is 5.75 Å². The lowest BCUT2D eigenvalue weighted by Gasteiger charge is -2.35. The summed E-state index contributed by atoms with van der Waals surface area (Å²) in [6, 6.07) is 5.92. The highest BCUT2D eigenvalue weighted by Gasteiger charge is 2.24. The number of halogens is 1. The molecule has 2 amide bonds. The molecule has 2 saturated heterocycles. The monoisotopic (exact) mass is 351 g/mol. The van der Waals surface area contributed by atoms with Gasteiger partial charge in [0, 0.05) is 45.4 Å². The molecule has 1 unspecified atom stereocenters. The molecule has 25 heavy (non-hydrogen) atoms. The largest absolute Gasteiger partial charge is 0.492 e. The van der Waals surface area contributed by atoms with Crippen molar-refractivity contribution in [1.82, 2.24) is 15.1 Å². The van der Waals surface area contributed by atoms with Gasteiger partial charge in [-0.15, -0.1) is 0 Å². The summed E-state index contributed by atoms with van der Waals surface area (Å²) in [5.74, 6) is 0.138. The highest BCUT2D eigenvalue weighted by atomic mass is 19.1. The third-order valence-corrected chi connectivity index (χ3v) is 4.59. The summed E-state index contributed by atoms with van der Waals surface area (Å²) in [7, 11) is 0. The van der Waals surface area contributed by atoms with E-state index < -0.39 is 0 Å². The summed E-state index contributed by atoms with van der Waals surface area (Å²) in [5.41, 5.74) is 0. The molecule has 138 valence electrons. The maximum atomic E-state index is 13.0. The topological polar surface area (TPSA) is 54.0 Å². The number of nitrogens with zero attached hydrogens (tertiary/aromatic N) is 2. The Hall–Kier alpha value is -1.86. The van der Waals surface area contributed by atoms with E-state index in [0.29, 0.717) is 25.0 Å².